The summed E-state index contributed by atoms with van der Waals surface area (Å²) in [7, 11) is 0. The van der Waals surface area contributed by atoms with E-state index in [1.807, 2.05) is 20.8 Å². The second kappa shape index (κ2) is 20.5. The first-order valence-corrected chi connectivity index (χ1v) is 18.4. The topological polar surface area (TPSA) is 228 Å². The molecule has 2 aromatic rings. The Morgan fingerprint density at radius 3 is 1.91 bits per heavy atom. The van der Waals surface area contributed by atoms with Gasteiger partial charge in [0.1, 0.15) is 11.5 Å². The van der Waals surface area contributed by atoms with E-state index >= 15 is 0 Å². The highest BCUT2D eigenvalue weighted by molar-refractivity contribution is 5.87. The third kappa shape index (κ3) is 12.7. The number of nitro groups is 2. The molecular formula is C38H53N5O12. The van der Waals surface area contributed by atoms with Gasteiger partial charge in [0, 0.05) is 48.0 Å². The fraction of sp³-hybridized carbons (Fsp3) is 0.579. The largest absolute Gasteiger partial charge is 0.494 e. The van der Waals surface area contributed by atoms with Crippen LogP contribution in [-0.2, 0) is 23.9 Å². The van der Waals surface area contributed by atoms with Crippen molar-refractivity contribution in [2.75, 3.05) is 39.5 Å². The third-order valence-electron chi connectivity index (χ3n) is 9.44. The average molecular weight is 772 g/mol. The zero-order valence-corrected chi connectivity index (χ0v) is 32.3. The van der Waals surface area contributed by atoms with Gasteiger partial charge in [-0.05, 0) is 70.2 Å². The molecule has 3 rings (SSSR count). The Bertz CT molecular complexity index is 1680. The summed E-state index contributed by atoms with van der Waals surface area (Å²) < 4.78 is 22.4. The Kier molecular flexibility index (Phi) is 16.5. The minimum Gasteiger partial charge on any atom is -0.494 e. The predicted octanol–water partition coefficient (Wildman–Crippen LogP) is 5.19. The molecule has 0 spiro atoms. The van der Waals surface area contributed by atoms with E-state index in [1.54, 1.807) is 20.8 Å². The smallest absolute Gasteiger partial charge is 0.280 e. The third-order valence-corrected chi connectivity index (χ3v) is 9.44. The first-order valence-electron chi connectivity index (χ1n) is 18.4. The average Bonchev–Trinajstić information content (AvgIpc) is 3.69. The highest BCUT2D eigenvalue weighted by atomic mass is 16.7. The van der Waals surface area contributed by atoms with Crippen LogP contribution in [0.1, 0.15) is 95.9 Å². The summed E-state index contributed by atoms with van der Waals surface area (Å²) in [5.74, 6) is -0.651. The highest BCUT2D eigenvalue weighted by Gasteiger charge is 2.45. The van der Waals surface area contributed by atoms with E-state index in [0.717, 1.165) is 0 Å². The van der Waals surface area contributed by atoms with E-state index in [1.165, 1.54) is 36.4 Å². The van der Waals surface area contributed by atoms with Crippen molar-refractivity contribution in [3.63, 3.8) is 0 Å². The Balaban J connectivity index is 1.61. The van der Waals surface area contributed by atoms with Crippen LogP contribution < -0.4 is 25.4 Å². The number of aldehydes is 1. The van der Waals surface area contributed by atoms with Gasteiger partial charge in [-0.1, -0.05) is 27.7 Å². The zero-order chi connectivity index (χ0) is 40.8. The molecule has 0 aromatic heterocycles. The Labute approximate surface area is 320 Å². The van der Waals surface area contributed by atoms with Crippen molar-refractivity contribution in [1.29, 1.82) is 0 Å². The van der Waals surface area contributed by atoms with Crippen molar-refractivity contribution in [1.82, 2.24) is 16.0 Å². The van der Waals surface area contributed by atoms with Crippen LogP contribution in [0.15, 0.2) is 36.4 Å². The molecule has 1 fully saturated rings. The van der Waals surface area contributed by atoms with Gasteiger partial charge < -0.3 is 34.9 Å². The molecule has 3 N–H and O–H groups in total. The van der Waals surface area contributed by atoms with Crippen molar-refractivity contribution < 1.29 is 48.0 Å². The number of carbonyl (C=O) groups is 4. The number of ether oxygens (including phenoxy) is 4. The number of hydrogen-bond acceptors (Lipinski definition) is 12. The number of hydrogen-bond donors (Lipinski definition) is 3. The fourth-order valence-electron chi connectivity index (χ4n) is 6.42. The summed E-state index contributed by atoms with van der Waals surface area (Å²) in [6, 6.07) is 8.13. The quantitative estimate of drug-likeness (QED) is 0.0574. The van der Waals surface area contributed by atoms with Crippen LogP contribution in [0.25, 0.3) is 0 Å². The second-order valence-corrected chi connectivity index (χ2v) is 14.5. The van der Waals surface area contributed by atoms with Gasteiger partial charge in [0.15, 0.2) is 12.6 Å². The van der Waals surface area contributed by atoms with Crippen molar-refractivity contribution >= 4 is 35.4 Å². The van der Waals surface area contributed by atoms with Crippen LogP contribution >= 0.6 is 0 Å². The molecule has 1 aliphatic heterocycles. The van der Waals surface area contributed by atoms with Crippen LogP contribution in [0.5, 0.6) is 11.5 Å². The Hall–Kier alpha value is -5.16. The van der Waals surface area contributed by atoms with Gasteiger partial charge in [-0.3, -0.25) is 39.4 Å². The number of benzene rings is 2. The summed E-state index contributed by atoms with van der Waals surface area (Å²) in [5.41, 5.74) is -2.42. The van der Waals surface area contributed by atoms with E-state index in [-0.39, 0.29) is 91.2 Å². The lowest BCUT2D eigenvalue weighted by Gasteiger charge is -2.38. The van der Waals surface area contributed by atoms with Crippen LogP contribution in [0.2, 0.25) is 0 Å². The summed E-state index contributed by atoms with van der Waals surface area (Å²) in [6.45, 7) is 12.3. The van der Waals surface area contributed by atoms with Crippen molar-refractivity contribution in [3.05, 3.63) is 67.8 Å². The molecule has 3 unspecified atom stereocenters. The summed E-state index contributed by atoms with van der Waals surface area (Å²) >= 11 is 0. The number of nitrogens with zero attached hydrogens (tertiary/aromatic N) is 2. The molecule has 3 amide bonds. The predicted molar refractivity (Wildman–Crippen MR) is 201 cm³/mol. The highest BCUT2D eigenvalue weighted by Crippen LogP contribution is 2.41. The molecular weight excluding hydrogens is 718 g/mol. The van der Waals surface area contributed by atoms with E-state index in [2.05, 4.69) is 16.0 Å². The van der Waals surface area contributed by atoms with Gasteiger partial charge in [-0.2, -0.15) is 0 Å². The van der Waals surface area contributed by atoms with E-state index in [4.69, 9.17) is 18.9 Å². The molecule has 0 saturated carbocycles. The molecule has 302 valence electrons. The van der Waals surface area contributed by atoms with Gasteiger partial charge in [0.2, 0.25) is 17.7 Å². The van der Waals surface area contributed by atoms with Crippen molar-refractivity contribution in [2.24, 2.45) is 16.7 Å². The first-order chi connectivity index (χ1) is 26.0. The lowest BCUT2D eigenvalue weighted by molar-refractivity contribution is -0.386. The lowest BCUT2D eigenvalue weighted by atomic mass is 9.67. The SMILES string of the molecule is CCC(C)(CC(C)(CC(C)C(=O)NC(C)C)C(=O)NCCCOc1ccc([N+](=O)[O-])c(C2OCCO2)c1)C(=O)NCCCOc1ccc([N+](=O)[O-])c(C=O)c1. The number of nitro benzene ring substituents is 2. The second-order valence-electron chi connectivity index (χ2n) is 14.5. The van der Waals surface area contributed by atoms with Gasteiger partial charge in [0.25, 0.3) is 11.4 Å². The maximum Gasteiger partial charge on any atom is 0.280 e. The van der Waals surface area contributed by atoms with Crippen LogP contribution in [0.4, 0.5) is 11.4 Å². The fourth-order valence-corrected chi connectivity index (χ4v) is 6.42. The lowest BCUT2D eigenvalue weighted by Crippen LogP contribution is -2.49. The number of nitrogens with one attached hydrogen (secondary N) is 3. The normalized spacial score (nSPS) is 15.6. The number of rotatable bonds is 23. The van der Waals surface area contributed by atoms with Gasteiger partial charge >= 0.3 is 0 Å². The van der Waals surface area contributed by atoms with Crippen LogP contribution in [0, 0.1) is 37.0 Å². The maximum atomic E-state index is 13.9. The molecule has 17 heteroatoms. The Morgan fingerprint density at radius 2 is 1.40 bits per heavy atom. The number of carbonyl (C=O) groups excluding carboxylic acids is 4. The van der Waals surface area contributed by atoms with Crippen molar-refractivity contribution in [2.45, 2.75) is 86.0 Å². The van der Waals surface area contributed by atoms with E-state index in [9.17, 15) is 39.4 Å². The Morgan fingerprint density at radius 1 is 0.873 bits per heavy atom. The molecule has 3 atom stereocenters. The number of amides is 3. The molecule has 0 aliphatic carbocycles. The van der Waals surface area contributed by atoms with Gasteiger partial charge in [-0.25, -0.2) is 0 Å². The summed E-state index contributed by atoms with van der Waals surface area (Å²) in [5, 5.41) is 31.4. The molecule has 0 bridgehead atoms. The van der Waals surface area contributed by atoms with Crippen molar-refractivity contribution in [3.8, 4) is 11.5 Å². The molecule has 1 heterocycles. The molecule has 1 aliphatic rings. The maximum absolute atomic E-state index is 13.9. The summed E-state index contributed by atoms with van der Waals surface area (Å²) in [6.07, 6.45) is 1.06. The first kappa shape index (κ1) is 44.2. The minimum atomic E-state index is -1.12. The zero-order valence-electron chi connectivity index (χ0n) is 32.3. The molecule has 55 heavy (non-hydrogen) atoms. The minimum absolute atomic E-state index is 0.0942. The summed E-state index contributed by atoms with van der Waals surface area (Å²) in [4.78, 5) is 73.2. The van der Waals surface area contributed by atoms with E-state index < -0.39 is 32.9 Å². The molecule has 0 radical (unpaired) electrons. The molecule has 2 aromatic carbocycles. The van der Waals surface area contributed by atoms with E-state index in [0.29, 0.717) is 44.5 Å². The monoisotopic (exact) mass is 771 g/mol. The van der Waals surface area contributed by atoms with Gasteiger partial charge in [0.05, 0.1) is 47.4 Å². The molecule has 17 nitrogen and oxygen atoms in total. The standard InChI is InChI=1S/C38H53N5O12/c1-7-37(5,35(46)39-14-8-16-52-28-10-12-31(42(48)49)27(20-28)23-44)24-38(6,22-26(4)33(45)41-25(2)3)36(47)40-15-9-17-53-29-11-13-32(43(50)51)30(21-29)34-54-18-19-55-34/h10-13,20-21,23,25-26,34H,7-9,14-19,22,24H2,1-6H3,(H,39,46)(H,40,47)(H,41,45). The van der Waals surface area contributed by atoms with Crippen LogP contribution in [-0.4, -0.2) is 79.4 Å². The van der Waals surface area contributed by atoms with Gasteiger partial charge in [-0.15, -0.1) is 0 Å². The van der Waals surface area contributed by atoms with Crippen LogP contribution in [0.3, 0.4) is 0 Å². The molecule has 1 saturated heterocycles.